The monoisotopic (exact) mass is 348 g/mol. The summed E-state index contributed by atoms with van der Waals surface area (Å²) in [5.74, 6) is 0.599. The summed E-state index contributed by atoms with van der Waals surface area (Å²) in [5.41, 5.74) is 0.928. The molecule has 0 aromatic carbocycles. The molecular weight excluding hydrogens is 331 g/mol. The highest BCUT2D eigenvalue weighted by atomic mass is 127. The maximum atomic E-state index is 11.6. The van der Waals surface area contributed by atoms with E-state index >= 15 is 0 Å². The average molecular weight is 348 g/mol. The first-order valence-corrected chi connectivity index (χ1v) is 6.72. The van der Waals surface area contributed by atoms with Crippen LogP contribution in [0.5, 0.6) is 0 Å². The fraction of sp³-hybridized carbons (Fsp3) is 0.500. The van der Waals surface area contributed by atoms with Crippen LogP contribution in [0.2, 0.25) is 0 Å². The summed E-state index contributed by atoms with van der Waals surface area (Å²) in [6.07, 6.45) is 1.20. The molecule has 17 heavy (non-hydrogen) atoms. The van der Waals surface area contributed by atoms with Gasteiger partial charge in [0.1, 0.15) is 5.82 Å². The number of carbonyl (C=O) groups is 1. The van der Waals surface area contributed by atoms with Crippen LogP contribution < -0.4 is 5.32 Å². The molecule has 1 amide bonds. The third-order valence-electron chi connectivity index (χ3n) is 2.19. The van der Waals surface area contributed by atoms with Crippen molar-refractivity contribution in [2.45, 2.75) is 26.7 Å². The number of carbonyl (C=O) groups excluding carboxylic acids is 1. The van der Waals surface area contributed by atoms with Crippen molar-refractivity contribution in [3.63, 3.8) is 0 Å². The first kappa shape index (κ1) is 14.4. The van der Waals surface area contributed by atoms with Gasteiger partial charge in [-0.3, -0.25) is 4.79 Å². The second-order valence-corrected chi connectivity index (χ2v) is 4.77. The van der Waals surface area contributed by atoms with E-state index in [1.54, 1.807) is 0 Å². The number of pyridine rings is 1. The maximum absolute atomic E-state index is 11.6. The zero-order valence-corrected chi connectivity index (χ0v) is 12.3. The minimum atomic E-state index is -0.0159. The smallest absolute Gasteiger partial charge is 0.225 e. The van der Waals surface area contributed by atoms with Gasteiger partial charge < -0.3 is 10.1 Å². The lowest BCUT2D eigenvalue weighted by atomic mass is 10.3. The molecule has 1 rings (SSSR count). The second-order valence-electron chi connectivity index (χ2n) is 3.61. The standard InChI is InChI=1S/C12H17IN2O2/c1-3-17-8-4-5-12(16)15-11-7-6-10(13)9(2)14-11/h6-7H,3-5,8H2,1-2H3,(H,14,15,16). The van der Waals surface area contributed by atoms with E-state index in [-0.39, 0.29) is 5.91 Å². The second kappa shape index (κ2) is 7.60. The third kappa shape index (κ3) is 5.45. The molecule has 0 aliphatic heterocycles. The number of anilines is 1. The van der Waals surface area contributed by atoms with E-state index in [1.165, 1.54) is 0 Å². The highest BCUT2D eigenvalue weighted by Crippen LogP contribution is 2.12. The number of hydrogen-bond donors (Lipinski definition) is 1. The summed E-state index contributed by atoms with van der Waals surface area (Å²) in [4.78, 5) is 15.8. The quantitative estimate of drug-likeness (QED) is 0.635. The zero-order valence-electron chi connectivity index (χ0n) is 10.1. The van der Waals surface area contributed by atoms with Gasteiger partial charge in [-0.1, -0.05) is 0 Å². The summed E-state index contributed by atoms with van der Waals surface area (Å²) in [7, 11) is 0. The van der Waals surface area contributed by atoms with Crippen LogP contribution in [0.25, 0.3) is 0 Å². The Morgan fingerprint density at radius 1 is 1.53 bits per heavy atom. The van der Waals surface area contributed by atoms with Gasteiger partial charge in [-0.2, -0.15) is 0 Å². The Bertz CT molecular complexity index is 383. The average Bonchev–Trinajstić information content (AvgIpc) is 2.30. The van der Waals surface area contributed by atoms with Crippen molar-refractivity contribution in [3.8, 4) is 0 Å². The fourth-order valence-electron chi connectivity index (χ4n) is 1.30. The van der Waals surface area contributed by atoms with E-state index in [2.05, 4.69) is 32.9 Å². The highest BCUT2D eigenvalue weighted by molar-refractivity contribution is 14.1. The van der Waals surface area contributed by atoms with E-state index < -0.39 is 0 Å². The number of amides is 1. The van der Waals surface area contributed by atoms with Crippen molar-refractivity contribution in [1.82, 2.24) is 4.98 Å². The van der Waals surface area contributed by atoms with Crippen LogP contribution >= 0.6 is 22.6 Å². The van der Waals surface area contributed by atoms with Crippen molar-refractivity contribution in [1.29, 1.82) is 0 Å². The Balaban J connectivity index is 2.37. The molecule has 0 aliphatic rings. The SMILES string of the molecule is CCOCCCC(=O)Nc1ccc(I)c(C)n1. The van der Waals surface area contributed by atoms with Crippen LogP contribution in [0.3, 0.4) is 0 Å². The molecule has 1 aromatic rings. The van der Waals surface area contributed by atoms with E-state index in [1.807, 2.05) is 26.0 Å². The minimum absolute atomic E-state index is 0.0159. The summed E-state index contributed by atoms with van der Waals surface area (Å²) in [6.45, 7) is 5.19. The molecule has 0 spiro atoms. The number of rotatable bonds is 6. The lowest BCUT2D eigenvalue weighted by molar-refractivity contribution is -0.116. The Morgan fingerprint density at radius 2 is 2.29 bits per heavy atom. The minimum Gasteiger partial charge on any atom is -0.382 e. The topological polar surface area (TPSA) is 51.2 Å². The van der Waals surface area contributed by atoms with Gasteiger partial charge in [0.25, 0.3) is 0 Å². The van der Waals surface area contributed by atoms with Gasteiger partial charge in [0.15, 0.2) is 0 Å². The number of aryl methyl sites for hydroxylation is 1. The molecule has 0 fully saturated rings. The molecule has 1 heterocycles. The van der Waals surface area contributed by atoms with Crippen molar-refractivity contribution >= 4 is 34.3 Å². The van der Waals surface area contributed by atoms with Crippen LogP contribution in [0.4, 0.5) is 5.82 Å². The summed E-state index contributed by atoms with van der Waals surface area (Å²) >= 11 is 2.21. The van der Waals surface area contributed by atoms with Crippen molar-refractivity contribution in [2.24, 2.45) is 0 Å². The van der Waals surface area contributed by atoms with E-state index in [4.69, 9.17) is 4.74 Å². The number of nitrogens with one attached hydrogen (secondary N) is 1. The Kier molecular flexibility index (Phi) is 6.43. The molecule has 0 saturated heterocycles. The van der Waals surface area contributed by atoms with Gasteiger partial charge >= 0.3 is 0 Å². The lowest BCUT2D eigenvalue weighted by Gasteiger charge is -2.06. The first-order valence-electron chi connectivity index (χ1n) is 5.64. The number of ether oxygens (including phenoxy) is 1. The number of halogens is 1. The molecular formula is C12H17IN2O2. The Morgan fingerprint density at radius 3 is 2.94 bits per heavy atom. The third-order valence-corrected chi connectivity index (χ3v) is 3.33. The van der Waals surface area contributed by atoms with Gasteiger partial charge in [0, 0.05) is 23.2 Å². The van der Waals surface area contributed by atoms with Gasteiger partial charge in [-0.25, -0.2) is 4.98 Å². The van der Waals surface area contributed by atoms with Crippen LogP contribution in [-0.4, -0.2) is 24.1 Å². The van der Waals surface area contributed by atoms with Gasteiger partial charge in [-0.15, -0.1) is 0 Å². The number of hydrogen-bond acceptors (Lipinski definition) is 3. The molecule has 4 nitrogen and oxygen atoms in total. The molecule has 0 bridgehead atoms. The van der Waals surface area contributed by atoms with E-state index in [0.717, 1.165) is 15.7 Å². The van der Waals surface area contributed by atoms with Crippen molar-refractivity contribution in [2.75, 3.05) is 18.5 Å². The van der Waals surface area contributed by atoms with Crippen molar-refractivity contribution in [3.05, 3.63) is 21.4 Å². The van der Waals surface area contributed by atoms with Crippen LogP contribution in [-0.2, 0) is 9.53 Å². The molecule has 0 aliphatic carbocycles. The van der Waals surface area contributed by atoms with Crippen LogP contribution in [0, 0.1) is 10.5 Å². The van der Waals surface area contributed by atoms with Crippen LogP contribution in [0.15, 0.2) is 12.1 Å². The summed E-state index contributed by atoms with van der Waals surface area (Å²) < 4.78 is 6.27. The summed E-state index contributed by atoms with van der Waals surface area (Å²) in [5, 5.41) is 2.78. The molecule has 1 aromatic heterocycles. The summed E-state index contributed by atoms with van der Waals surface area (Å²) in [6, 6.07) is 3.76. The molecule has 5 heteroatoms. The molecule has 0 saturated carbocycles. The molecule has 0 radical (unpaired) electrons. The first-order chi connectivity index (χ1) is 8.13. The molecule has 0 atom stereocenters. The maximum Gasteiger partial charge on any atom is 0.225 e. The number of nitrogens with zero attached hydrogens (tertiary/aromatic N) is 1. The molecule has 94 valence electrons. The van der Waals surface area contributed by atoms with Gasteiger partial charge in [0.05, 0.1) is 5.69 Å². The van der Waals surface area contributed by atoms with Gasteiger partial charge in [-0.05, 0) is 55.0 Å². The predicted molar refractivity (Wildman–Crippen MR) is 76.0 cm³/mol. The Labute approximate surface area is 115 Å². The molecule has 1 N–H and O–H groups in total. The van der Waals surface area contributed by atoms with E-state index in [9.17, 15) is 4.79 Å². The normalized spacial score (nSPS) is 10.3. The molecule has 0 unspecified atom stereocenters. The van der Waals surface area contributed by atoms with Crippen LogP contribution in [0.1, 0.15) is 25.5 Å². The fourth-order valence-corrected chi connectivity index (χ4v) is 1.60. The number of aromatic nitrogens is 1. The largest absolute Gasteiger partial charge is 0.382 e. The van der Waals surface area contributed by atoms with Crippen molar-refractivity contribution < 1.29 is 9.53 Å². The van der Waals surface area contributed by atoms with Gasteiger partial charge in [0.2, 0.25) is 5.91 Å². The lowest BCUT2D eigenvalue weighted by Crippen LogP contribution is -2.13. The Hall–Kier alpha value is -0.690. The zero-order chi connectivity index (χ0) is 12.7. The predicted octanol–water partition coefficient (Wildman–Crippen LogP) is 2.75. The van der Waals surface area contributed by atoms with E-state index in [0.29, 0.717) is 25.5 Å². The highest BCUT2D eigenvalue weighted by Gasteiger charge is 2.04.